The third-order valence-corrected chi connectivity index (χ3v) is 7.11. The normalized spacial score (nSPS) is 20.3. The van der Waals surface area contributed by atoms with E-state index in [4.69, 9.17) is 4.74 Å². The highest BCUT2D eigenvalue weighted by atomic mass is 16.5. The number of benzene rings is 2. The van der Waals surface area contributed by atoms with Crippen molar-refractivity contribution >= 4 is 18.0 Å². The number of amides is 2. The number of hydrogen-bond donors (Lipinski definition) is 3. The summed E-state index contributed by atoms with van der Waals surface area (Å²) in [7, 11) is 0. The fraction of sp³-hybridized carbons (Fsp3) is 0.464. The fourth-order valence-corrected chi connectivity index (χ4v) is 5.27. The molecule has 0 aromatic heterocycles. The van der Waals surface area contributed by atoms with E-state index in [1.807, 2.05) is 24.3 Å². The molecule has 0 saturated heterocycles. The van der Waals surface area contributed by atoms with Crippen LogP contribution < -0.4 is 10.6 Å². The number of carboxylic acid groups (broad SMARTS) is 1. The highest BCUT2D eigenvalue weighted by Gasteiger charge is 2.36. The number of fused-ring (bicyclic) bond motifs is 3. The molecule has 186 valence electrons. The second-order valence-electron chi connectivity index (χ2n) is 10.7. The van der Waals surface area contributed by atoms with Crippen molar-refractivity contribution in [2.75, 3.05) is 6.61 Å². The third kappa shape index (κ3) is 5.50. The Bertz CT molecular complexity index is 1060. The first kappa shape index (κ1) is 24.8. The molecule has 1 unspecified atom stereocenters. The molecule has 3 N–H and O–H groups in total. The Morgan fingerprint density at radius 1 is 1.00 bits per heavy atom. The molecule has 4 rings (SSSR count). The van der Waals surface area contributed by atoms with E-state index in [-0.39, 0.29) is 30.4 Å². The molecule has 0 bridgehead atoms. The minimum Gasteiger partial charge on any atom is -0.480 e. The molecule has 7 nitrogen and oxygen atoms in total. The van der Waals surface area contributed by atoms with E-state index in [9.17, 15) is 19.5 Å². The topological polar surface area (TPSA) is 105 Å². The van der Waals surface area contributed by atoms with Crippen LogP contribution in [0.1, 0.15) is 63.5 Å². The van der Waals surface area contributed by atoms with Crippen LogP contribution in [0.5, 0.6) is 0 Å². The standard InChI is InChI=1S/C28H34N2O5/c1-28(2,3)24(26(32)33)30-25(31)17-9-8-10-18(15-17)29-27(34)35-16-23-21-13-6-4-11-19(21)20-12-5-7-14-22(20)23/h4-7,11-14,17-18,23-24H,8-10,15-16H2,1-3H3,(H,29,34)(H,30,31)(H,32,33)/t17-,18-,24?/m1/s1. The van der Waals surface area contributed by atoms with Crippen molar-refractivity contribution in [1.29, 1.82) is 0 Å². The van der Waals surface area contributed by atoms with Crippen LogP contribution in [0.25, 0.3) is 11.1 Å². The second-order valence-corrected chi connectivity index (χ2v) is 10.7. The Morgan fingerprint density at radius 2 is 1.60 bits per heavy atom. The average molecular weight is 479 g/mol. The van der Waals surface area contributed by atoms with Gasteiger partial charge in [-0.25, -0.2) is 9.59 Å². The number of carbonyl (C=O) groups is 3. The van der Waals surface area contributed by atoms with Crippen LogP contribution in [-0.2, 0) is 14.3 Å². The zero-order chi connectivity index (χ0) is 25.2. The Labute approximate surface area is 206 Å². The van der Waals surface area contributed by atoms with Crippen LogP contribution in [0.3, 0.4) is 0 Å². The first-order chi connectivity index (χ1) is 16.6. The number of ether oxygens (including phenoxy) is 1. The molecule has 2 aliphatic rings. The predicted molar refractivity (Wildman–Crippen MR) is 133 cm³/mol. The smallest absolute Gasteiger partial charge is 0.407 e. The van der Waals surface area contributed by atoms with Gasteiger partial charge in [-0.3, -0.25) is 4.79 Å². The van der Waals surface area contributed by atoms with Crippen molar-refractivity contribution < 1.29 is 24.2 Å². The number of hydrogen-bond acceptors (Lipinski definition) is 4. The molecule has 3 atom stereocenters. The summed E-state index contributed by atoms with van der Waals surface area (Å²) in [4.78, 5) is 37.1. The zero-order valence-electron chi connectivity index (χ0n) is 20.5. The molecular formula is C28H34N2O5. The Kier molecular flexibility index (Phi) is 7.15. The molecule has 0 heterocycles. The van der Waals surface area contributed by atoms with Crippen LogP contribution in [0.2, 0.25) is 0 Å². The van der Waals surface area contributed by atoms with Gasteiger partial charge in [0.25, 0.3) is 0 Å². The molecule has 7 heteroatoms. The van der Waals surface area contributed by atoms with Crippen molar-refractivity contribution in [3.63, 3.8) is 0 Å². The van der Waals surface area contributed by atoms with Crippen molar-refractivity contribution in [3.8, 4) is 11.1 Å². The van der Waals surface area contributed by atoms with Gasteiger partial charge in [0, 0.05) is 17.9 Å². The summed E-state index contributed by atoms with van der Waals surface area (Å²) in [5, 5.41) is 15.1. The SMILES string of the molecule is CC(C)(C)C(NC(=O)[C@@H]1CCC[C@@H](NC(=O)OCC2c3ccccc3-c3ccccc32)C1)C(=O)O. The summed E-state index contributed by atoms with van der Waals surface area (Å²) in [5.41, 5.74) is 4.06. The van der Waals surface area contributed by atoms with Gasteiger partial charge in [-0.2, -0.15) is 0 Å². The van der Waals surface area contributed by atoms with Crippen molar-refractivity contribution in [2.24, 2.45) is 11.3 Å². The lowest BCUT2D eigenvalue weighted by Gasteiger charge is -2.32. The van der Waals surface area contributed by atoms with Crippen LogP contribution in [-0.4, -0.2) is 41.8 Å². The second kappa shape index (κ2) is 10.1. The maximum atomic E-state index is 12.8. The molecule has 1 fully saturated rings. The van der Waals surface area contributed by atoms with Gasteiger partial charge < -0.3 is 20.5 Å². The minimum absolute atomic E-state index is 0.0108. The third-order valence-electron chi connectivity index (χ3n) is 7.11. The molecule has 2 aromatic rings. The van der Waals surface area contributed by atoms with Gasteiger partial charge in [-0.05, 0) is 46.9 Å². The lowest BCUT2D eigenvalue weighted by Crippen LogP contribution is -2.52. The fourth-order valence-electron chi connectivity index (χ4n) is 5.27. The Hall–Kier alpha value is -3.35. The van der Waals surface area contributed by atoms with Gasteiger partial charge in [-0.15, -0.1) is 0 Å². The predicted octanol–water partition coefficient (Wildman–Crippen LogP) is 4.70. The van der Waals surface area contributed by atoms with Crippen LogP contribution >= 0.6 is 0 Å². The van der Waals surface area contributed by atoms with Crippen LogP contribution in [0.15, 0.2) is 48.5 Å². The lowest BCUT2D eigenvalue weighted by atomic mass is 9.83. The maximum absolute atomic E-state index is 12.8. The average Bonchev–Trinajstić information content (AvgIpc) is 3.14. The molecular weight excluding hydrogens is 444 g/mol. The lowest BCUT2D eigenvalue weighted by molar-refractivity contribution is -0.145. The largest absolute Gasteiger partial charge is 0.480 e. The monoisotopic (exact) mass is 478 g/mol. The maximum Gasteiger partial charge on any atom is 0.407 e. The number of carboxylic acids is 1. The molecule has 0 radical (unpaired) electrons. The van der Waals surface area contributed by atoms with E-state index in [2.05, 4.69) is 34.9 Å². The number of carbonyl (C=O) groups excluding carboxylic acids is 2. The summed E-state index contributed by atoms with van der Waals surface area (Å²) >= 11 is 0. The van der Waals surface area contributed by atoms with Gasteiger partial charge in [0.05, 0.1) is 0 Å². The van der Waals surface area contributed by atoms with Gasteiger partial charge in [0.15, 0.2) is 0 Å². The number of alkyl carbamates (subject to hydrolysis) is 1. The number of rotatable bonds is 6. The van der Waals surface area contributed by atoms with Crippen LogP contribution in [0, 0.1) is 11.3 Å². The molecule has 2 aliphatic carbocycles. The number of aliphatic carboxylic acids is 1. The van der Waals surface area contributed by atoms with E-state index < -0.39 is 23.5 Å². The van der Waals surface area contributed by atoms with Gasteiger partial charge in [0.2, 0.25) is 5.91 Å². The minimum atomic E-state index is -1.05. The quantitative estimate of drug-likeness (QED) is 0.558. The summed E-state index contributed by atoms with van der Waals surface area (Å²) in [6.45, 7) is 5.60. The summed E-state index contributed by atoms with van der Waals surface area (Å²) in [6, 6.07) is 15.2. The number of nitrogens with one attached hydrogen (secondary N) is 2. The van der Waals surface area contributed by atoms with E-state index >= 15 is 0 Å². The summed E-state index contributed by atoms with van der Waals surface area (Å²) in [5.74, 6) is -1.67. The molecule has 35 heavy (non-hydrogen) atoms. The summed E-state index contributed by atoms with van der Waals surface area (Å²) < 4.78 is 5.65. The molecule has 2 aromatic carbocycles. The highest BCUT2D eigenvalue weighted by molar-refractivity contribution is 5.85. The first-order valence-electron chi connectivity index (χ1n) is 12.3. The van der Waals surface area contributed by atoms with E-state index in [0.29, 0.717) is 12.8 Å². The van der Waals surface area contributed by atoms with Gasteiger partial charge in [-0.1, -0.05) is 75.7 Å². The molecule has 0 spiro atoms. The molecule has 0 aliphatic heterocycles. The van der Waals surface area contributed by atoms with E-state index in [1.165, 1.54) is 11.1 Å². The van der Waals surface area contributed by atoms with Crippen molar-refractivity contribution in [2.45, 2.75) is 64.5 Å². The molecule has 1 saturated carbocycles. The Morgan fingerprint density at radius 3 is 2.17 bits per heavy atom. The van der Waals surface area contributed by atoms with E-state index in [0.717, 1.165) is 24.0 Å². The van der Waals surface area contributed by atoms with E-state index in [1.54, 1.807) is 20.8 Å². The summed E-state index contributed by atoms with van der Waals surface area (Å²) in [6.07, 6.45) is 2.18. The first-order valence-corrected chi connectivity index (χ1v) is 12.3. The molecule has 2 amide bonds. The van der Waals surface area contributed by atoms with Gasteiger partial charge >= 0.3 is 12.1 Å². The van der Waals surface area contributed by atoms with Crippen LogP contribution in [0.4, 0.5) is 4.79 Å². The van der Waals surface area contributed by atoms with Gasteiger partial charge in [0.1, 0.15) is 12.6 Å². The van der Waals surface area contributed by atoms with Crippen molar-refractivity contribution in [3.05, 3.63) is 59.7 Å². The van der Waals surface area contributed by atoms with Crippen molar-refractivity contribution in [1.82, 2.24) is 10.6 Å². The highest BCUT2D eigenvalue weighted by Crippen LogP contribution is 2.44. The Balaban J connectivity index is 1.33. The zero-order valence-corrected chi connectivity index (χ0v) is 20.5.